The molecule has 0 amide bonds. The van der Waals surface area contributed by atoms with Crippen LogP contribution in [0.1, 0.15) is 37.8 Å². The molecule has 0 heterocycles. The molecule has 0 atom stereocenters. The Morgan fingerprint density at radius 1 is 1.19 bits per heavy atom. The predicted molar refractivity (Wildman–Crippen MR) is 69.7 cm³/mol. The van der Waals surface area contributed by atoms with Crippen LogP contribution in [0.3, 0.4) is 0 Å². The minimum atomic E-state index is 0.685. The summed E-state index contributed by atoms with van der Waals surface area (Å²) in [6, 6.07) is 9.53. The average Bonchev–Trinajstić information content (AvgIpc) is 2.66. The van der Waals surface area contributed by atoms with E-state index in [1.54, 1.807) is 11.1 Å². The van der Waals surface area contributed by atoms with Gasteiger partial charge in [0.15, 0.2) is 0 Å². The van der Waals surface area contributed by atoms with Crippen LogP contribution in [-0.4, -0.2) is 12.6 Å². The van der Waals surface area contributed by atoms with E-state index < -0.39 is 0 Å². The van der Waals surface area contributed by atoms with E-state index in [-0.39, 0.29) is 0 Å². The lowest BCUT2D eigenvalue weighted by Gasteiger charge is -2.12. The maximum Gasteiger partial charge on any atom is 0.0148 e. The molecule has 2 rings (SSSR count). The lowest BCUT2D eigenvalue weighted by atomic mass is 10.1. The van der Waals surface area contributed by atoms with Crippen molar-refractivity contribution in [2.75, 3.05) is 6.54 Å². The van der Waals surface area contributed by atoms with Crippen LogP contribution in [0.5, 0.6) is 0 Å². The first kappa shape index (κ1) is 11.7. The van der Waals surface area contributed by atoms with Crippen molar-refractivity contribution in [1.29, 1.82) is 0 Å². The summed E-state index contributed by atoms with van der Waals surface area (Å²) in [7, 11) is 0. The molecule has 0 unspecified atom stereocenters. The Balaban J connectivity index is 1.71. The van der Waals surface area contributed by atoms with Gasteiger partial charge in [-0.25, -0.2) is 0 Å². The quantitative estimate of drug-likeness (QED) is 0.747. The van der Waals surface area contributed by atoms with Gasteiger partial charge in [-0.05, 0) is 49.3 Å². The highest BCUT2D eigenvalue weighted by molar-refractivity contribution is 5.33. The zero-order valence-electron chi connectivity index (χ0n) is 10.5. The van der Waals surface area contributed by atoms with E-state index in [0.717, 1.165) is 5.92 Å². The van der Waals surface area contributed by atoms with Gasteiger partial charge in [0, 0.05) is 6.04 Å². The van der Waals surface area contributed by atoms with Gasteiger partial charge in [0.2, 0.25) is 0 Å². The standard InChI is InChI=1S/C15H23N/c1-12(2)6-5-9-16-15-10-13-7-3-4-8-14(13)11-15/h3-4,7-8,12,15-16H,5-6,9-11H2,1-2H3. The van der Waals surface area contributed by atoms with Crippen LogP contribution in [0.15, 0.2) is 24.3 Å². The maximum atomic E-state index is 3.68. The fourth-order valence-corrected chi connectivity index (χ4v) is 2.52. The molecule has 0 bridgehead atoms. The van der Waals surface area contributed by atoms with Gasteiger partial charge >= 0.3 is 0 Å². The summed E-state index contributed by atoms with van der Waals surface area (Å²) < 4.78 is 0. The van der Waals surface area contributed by atoms with E-state index in [1.807, 2.05) is 0 Å². The van der Waals surface area contributed by atoms with Gasteiger partial charge in [0.25, 0.3) is 0 Å². The van der Waals surface area contributed by atoms with Crippen molar-refractivity contribution in [3.63, 3.8) is 0 Å². The number of hydrogen-bond acceptors (Lipinski definition) is 1. The Morgan fingerprint density at radius 3 is 2.38 bits per heavy atom. The lowest BCUT2D eigenvalue weighted by Crippen LogP contribution is -2.30. The molecule has 1 heteroatoms. The Bertz CT molecular complexity index is 305. The van der Waals surface area contributed by atoms with Crippen LogP contribution in [0.2, 0.25) is 0 Å². The lowest BCUT2D eigenvalue weighted by molar-refractivity contribution is 0.481. The molecule has 1 aromatic carbocycles. The molecule has 0 fully saturated rings. The van der Waals surface area contributed by atoms with Crippen molar-refractivity contribution in [1.82, 2.24) is 5.32 Å². The van der Waals surface area contributed by atoms with E-state index in [9.17, 15) is 0 Å². The fraction of sp³-hybridized carbons (Fsp3) is 0.600. The van der Waals surface area contributed by atoms with E-state index in [2.05, 4.69) is 43.4 Å². The van der Waals surface area contributed by atoms with Gasteiger partial charge in [-0.1, -0.05) is 38.1 Å². The fourth-order valence-electron chi connectivity index (χ4n) is 2.52. The first-order chi connectivity index (χ1) is 7.75. The average molecular weight is 217 g/mol. The molecule has 1 N–H and O–H groups in total. The topological polar surface area (TPSA) is 12.0 Å². The number of fused-ring (bicyclic) bond motifs is 1. The third-order valence-electron chi connectivity index (χ3n) is 3.44. The largest absolute Gasteiger partial charge is 0.313 e. The van der Waals surface area contributed by atoms with Crippen LogP contribution in [0, 0.1) is 5.92 Å². The van der Waals surface area contributed by atoms with E-state index in [0.29, 0.717) is 6.04 Å². The third-order valence-corrected chi connectivity index (χ3v) is 3.44. The molecule has 16 heavy (non-hydrogen) atoms. The minimum Gasteiger partial charge on any atom is -0.313 e. The van der Waals surface area contributed by atoms with E-state index in [4.69, 9.17) is 0 Å². The van der Waals surface area contributed by atoms with Gasteiger partial charge in [0.1, 0.15) is 0 Å². The highest BCUT2D eigenvalue weighted by atomic mass is 14.9. The van der Waals surface area contributed by atoms with Crippen LogP contribution in [0.25, 0.3) is 0 Å². The van der Waals surface area contributed by atoms with E-state index in [1.165, 1.54) is 32.2 Å². The van der Waals surface area contributed by atoms with Crippen molar-refractivity contribution in [3.05, 3.63) is 35.4 Å². The molecule has 1 aromatic rings. The summed E-state index contributed by atoms with van der Waals surface area (Å²) in [5.74, 6) is 0.836. The van der Waals surface area contributed by atoms with Crippen LogP contribution >= 0.6 is 0 Å². The van der Waals surface area contributed by atoms with Gasteiger partial charge in [-0.15, -0.1) is 0 Å². The van der Waals surface area contributed by atoms with Gasteiger partial charge in [-0.3, -0.25) is 0 Å². The van der Waals surface area contributed by atoms with Gasteiger partial charge < -0.3 is 5.32 Å². The van der Waals surface area contributed by atoms with Crippen molar-refractivity contribution in [2.45, 2.75) is 45.6 Å². The summed E-state index contributed by atoms with van der Waals surface area (Å²) in [5.41, 5.74) is 3.09. The maximum absolute atomic E-state index is 3.68. The molecule has 1 aliphatic rings. The molecule has 0 spiro atoms. The molecular weight excluding hydrogens is 194 g/mol. The van der Waals surface area contributed by atoms with Crippen molar-refractivity contribution >= 4 is 0 Å². The summed E-state index contributed by atoms with van der Waals surface area (Å²) in [6.07, 6.45) is 5.09. The number of hydrogen-bond donors (Lipinski definition) is 1. The van der Waals surface area contributed by atoms with Gasteiger partial charge in [0.05, 0.1) is 0 Å². The summed E-state index contributed by atoms with van der Waals surface area (Å²) >= 11 is 0. The Labute approximate surface area is 99.3 Å². The number of rotatable bonds is 5. The first-order valence-electron chi connectivity index (χ1n) is 6.56. The second kappa shape index (κ2) is 5.49. The highest BCUT2D eigenvalue weighted by Gasteiger charge is 2.19. The van der Waals surface area contributed by atoms with Gasteiger partial charge in [-0.2, -0.15) is 0 Å². The molecule has 0 radical (unpaired) electrons. The normalized spacial score (nSPS) is 15.7. The Morgan fingerprint density at radius 2 is 1.81 bits per heavy atom. The zero-order valence-corrected chi connectivity index (χ0v) is 10.5. The molecule has 0 saturated carbocycles. The zero-order chi connectivity index (χ0) is 11.4. The number of benzene rings is 1. The molecular formula is C15H23N. The first-order valence-corrected chi connectivity index (χ1v) is 6.56. The Kier molecular flexibility index (Phi) is 4.00. The van der Waals surface area contributed by atoms with Crippen molar-refractivity contribution < 1.29 is 0 Å². The van der Waals surface area contributed by atoms with E-state index >= 15 is 0 Å². The summed E-state index contributed by atoms with van der Waals surface area (Å²) in [4.78, 5) is 0. The second-order valence-corrected chi connectivity index (χ2v) is 5.36. The minimum absolute atomic E-state index is 0.685. The van der Waals surface area contributed by atoms with Crippen molar-refractivity contribution in [2.24, 2.45) is 5.92 Å². The molecule has 1 nitrogen and oxygen atoms in total. The summed E-state index contributed by atoms with van der Waals surface area (Å²) in [6.45, 7) is 5.77. The Hall–Kier alpha value is -0.820. The monoisotopic (exact) mass is 217 g/mol. The second-order valence-electron chi connectivity index (χ2n) is 5.36. The molecule has 0 aliphatic heterocycles. The summed E-state index contributed by atoms with van der Waals surface area (Å²) in [5, 5.41) is 3.68. The molecule has 88 valence electrons. The molecule has 0 saturated heterocycles. The molecule has 0 aromatic heterocycles. The predicted octanol–water partition coefficient (Wildman–Crippen LogP) is 3.18. The third kappa shape index (κ3) is 3.08. The SMILES string of the molecule is CC(C)CCCNC1Cc2ccccc2C1. The van der Waals surface area contributed by atoms with Crippen molar-refractivity contribution in [3.8, 4) is 0 Å². The van der Waals surface area contributed by atoms with Crippen LogP contribution in [-0.2, 0) is 12.8 Å². The van der Waals surface area contributed by atoms with Crippen LogP contribution < -0.4 is 5.32 Å². The smallest absolute Gasteiger partial charge is 0.0148 e. The molecule has 1 aliphatic carbocycles. The van der Waals surface area contributed by atoms with Crippen LogP contribution in [0.4, 0.5) is 0 Å². The number of nitrogens with one attached hydrogen (secondary N) is 1. The highest BCUT2D eigenvalue weighted by Crippen LogP contribution is 2.21.